The fourth-order valence-corrected chi connectivity index (χ4v) is 1.54. The molecular formula is C10H14N4. The van der Waals surface area contributed by atoms with Crippen LogP contribution in [0.5, 0.6) is 0 Å². The van der Waals surface area contributed by atoms with Crippen LogP contribution in [0.4, 0.5) is 5.69 Å². The first-order chi connectivity index (χ1) is 6.68. The van der Waals surface area contributed by atoms with E-state index in [-0.39, 0.29) is 6.04 Å². The molecule has 2 aromatic heterocycles. The third kappa shape index (κ3) is 1.44. The van der Waals surface area contributed by atoms with E-state index in [4.69, 9.17) is 11.5 Å². The summed E-state index contributed by atoms with van der Waals surface area (Å²) in [6, 6.07) is 3.89. The Bertz CT molecular complexity index is 444. The van der Waals surface area contributed by atoms with Crippen LogP contribution in [0.3, 0.4) is 0 Å². The number of rotatable bonds is 2. The number of hydrogen-bond acceptors (Lipinski definition) is 3. The van der Waals surface area contributed by atoms with Gasteiger partial charge in [-0.2, -0.15) is 0 Å². The maximum atomic E-state index is 5.81. The zero-order valence-electron chi connectivity index (χ0n) is 8.14. The van der Waals surface area contributed by atoms with E-state index in [2.05, 4.69) is 4.98 Å². The van der Waals surface area contributed by atoms with Crippen LogP contribution in [0.15, 0.2) is 24.5 Å². The highest BCUT2D eigenvalue weighted by molar-refractivity contribution is 5.68. The van der Waals surface area contributed by atoms with Crippen LogP contribution in [0, 0.1) is 0 Å². The summed E-state index contributed by atoms with van der Waals surface area (Å²) in [7, 11) is 0. The van der Waals surface area contributed by atoms with Crippen LogP contribution in [0.1, 0.15) is 12.7 Å². The number of anilines is 1. The van der Waals surface area contributed by atoms with Crippen LogP contribution in [-0.2, 0) is 6.42 Å². The molecule has 4 nitrogen and oxygen atoms in total. The Morgan fingerprint density at radius 3 is 3.07 bits per heavy atom. The largest absolute Gasteiger partial charge is 0.397 e. The highest BCUT2D eigenvalue weighted by Crippen LogP contribution is 2.14. The molecule has 0 fully saturated rings. The average Bonchev–Trinajstić information content (AvgIpc) is 2.49. The van der Waals surface area contributed by atoms with Gasteiger partial charge in [-0.25, -0.2) is 4.98 Å². The number of imidazole rings is 1. The summed E-state index contributed by atoms with van der Waals surface area (Å²) in [6.07, 6.45) is 4.50. The molecule has 0 aromatic carbocycles. The first-order valence-electron chi connectivity index (χ1n) is 4.64. The first kappa shape index (κ1) is 9.02. The van der Waals surface area contributed by atoms with Crippen molar-refractivity contribution in [2.24, 2.45) is 5.73 Å². The normalized spacial score (nSPS) is 13.3. The standard InChI is InChI=1S/C10H14N4/c1-7(11)5-10-13-6-9-8(12)3-2-4-14(9)10/h2-4,6-7H,5,11-12H2,1H3. The molecule has 2 heterocycles. The highest BCUT2D eigenvalue weighted by atomic mass is 15.0. The van der Waals surface area contributed by atoms with Gasteiger partial charge >= 0.3 is 0 Å². The van der Waals surface area contributed by atoms with Gasteiger partial charge in [-0.3, -0.25) is 0 Å². The van der Waals surface area contributed by atoms with Crippen molar-refractivity contribution in [1.82, 2.24) is 9.38 Å². The van der Waals surface area contributed by atoms with Crippen molar-refractivity contribution in [3.05, 3.63) is 30.4 Å². The summed E-state index contributed by atoms with van der Waals surface area (Å²) < 4.78 is 1.98. The van der Waals surface area contributed by atoms with Crippen molar-refractivity contribution < 1.29 is 0 Å². The number of hydrogen-bond donors (Lipinski definition) is 2. The van der Waals surface area contributed by atoms with Crippen molar-refractivity contribution in [2.45, 2.75) is 19.4 Å². The van der Waals surface area contributed by atoms with Crippen LogP contribution in [0.25, 0.3) is 5.52 Å². The summed E-state index contributed by atoms with van der Waals surface area (Å²) in [4.78, 5) is 4.30. The number of aromatic nitrogens is 2. The number of pyridine rings is 1. The number of nitrogens with zero attached hydrogens (tertiary/aromatic N) is 2. The van der Waals surface area contributed by atoms with Gasteiger partial charge in [0.25, 0.3) is 0 Å². The number of nitrogens with two attached hydrogens (primary N) is 2. The zero-order valence-corrected chi connectivity index (χ0v) is 8.14. The molecule has 2 rings (SSSR count). The van der Waals surface area contributed by atoms with Gasteiger partial charge in [-0.15, -0.1) is 0 Å². The molecule has 1 atom stereocenters. The minimum Gasteiger partial charge on any atom is -0.397 e. The Morgan fingerprint density at radius 2 is 2.36 bits per heavy atom. The van der Waals surface area contributed by atoms with E-state index in [9.17, 15) is 0 Å². The van der Waals surface area contributed by atoms with Crippen molar-refractivity contribution in [3.63, 3.8) is 0 Å². The second kappa shape index (κ2) is 3.31. The predicted octanol–water partition coefficient (Wildman–Crippen LogP) is 0.806. The highest BCUT2D eigenvalue weighted by Gasteiger charge is 2.06. The summed E-state index contributed by atoms with van der Waals surface area (Å²) in [5, 5.41) is 0. The molecular weight excluding hydrogens is 176 g/mol. The molecule has 4 heteroatoms. The molecule has 0 aliphatic rings. The number of fused-ring (bicyclic) bond motifs is 1. The average molecular weight is 190 g/mol. The third-order valence-corrected chi connectivity index (χ3v) is 2.18. The summed E-state index contributed by atoms with van der Waals surface area (Å²) in [5.74, 6) is 0.960. The van der Waals surface area contributed by atoms with Gasteiger partial charge in [0.15, 0.2) is 0 Å². The number of nitrogen functional groups attached to an aromatic ring is 1. The molecule has 0 aliphatic carbocycles. The van der Waals surface area contributed by atoms with Crippen LogP contribution < -0.4 is 11.5 Å². The minimum absolute atomic E-state index is 0.113. The molecule has 0 saturated heterocycles. The Kier molecular flexibility index (Phi) is 2.13. The summed E-state index contributed by atoms with van der Waals surface area (Å²) in [5.41, 5.74) is 13.2. The SMILES string of the molecule is CC(N)Cc1ncc2c(N)cccn12. The maximum Gasteiger partial charge on any atom is 0.114 e. The molecule has 0 aliphatic heterocycles. The van der Waals surface area contributed by atoms with Gasteiger partial charge in [0.1, 0.15) is 5.82 Å². The lowest BCUT2D eigenvalue weighted by Gasteiger charge is -2.04. The molecule has 0 amide bonds. The van der Waals surface area contributed by atoms with Crippen molar-refractivity contribution in [2.75, 3.05) is 5.73 Å². The monoisotopic (exact) mass is 190 g/mol. The maximum absolute atomic E-state index is 5.81. The van der Waals surface area contributed by atoms with Crippen LogP contribution in [-0.4, -0.2) is 15.4 Å². The third-order valence-electron chi connectivity index (χ3n) is 2.18. The molecule has 1 unspecified atom stereocenters. The predicted molar refractivity (Wildman–Crippen MR) is 57.0 cm³/mol. The Balaban J connectivity index is 2.52. The van der Waals surface area contributed by atoms with E-state index >= 15 is 0 Å². The minimum atomic E-state index is 0.113. The van der Waals surface area contributed by atoms with Gasteiger partial charge < -0.3 is 15.9 Å². The Morgan fingerprint density at radius 1 is 1.57 bits per heavy atom. The quantitative estimate of drug-likeness (QED) is 0.736. The van der Waals surface area contributed by atoms with Crippen molar-refractivity contribution >= 4 is 11.2 Å². The molecule has 0 radical (unpaired) electrons. The molecule has 2 aromatic rings. The molecule has 74 valence electrons. The van der Waals surface area contributed by atoms with Gasteiger partial charge in [-0.05, 0) is 19.1 Å². The van der Waals surface area contributed by atoms with Crippen LogP contribution >= 0.6 is 0 Å². The fourth-order valence-electron chi connectivity index (χ4n) is 1.54. The smallest absolute Gasteiger partial charge is 0.114 e. The molecule has 0 bridgehead atoms. The van der Waals surface area contributed by atoms with E-state index in [1.54, 1.807) is 6.20 Å². The lowest BCUT2D eigenvalue weighted by Crippen LogP contribution is -2.19. The lowest BCUT2D eigenvalue weighted by atomic mass is 10.2. The first-order valence-corrected chi connectivity index (χ1v) is 4.64. The van der Waals surface area contributed by atoms with E-state index in [1.165, 1.54) is 0 Å². The zero-order chi connectivity index (χ0) is 10.1. The van der Waals surface area contributed by atoms with Gasteiger partial charge in [0.05, 0.1) is 17.4 Å². The van der Waals surface area contributed by atoms with E-state index < -0.39 is 0 Å². The fraction of sp³-hybridized carbons (Fsp3) is 0.300. The van der Waals surface area contributed by atoms with E-state index in [0.29, 0.717) is 0 Å². The van der Waals surface area contributed by atoms with Gasteiger partial charge in [-0.1, -0.05) is 0 Å². The van der Waals surface area contributed by atoms with Gasteiger partial charge in [0.2, 0.25) is 0 Å². The second-order valence-electron chi connectivity index (χ2n) is 3.57. The molecule has 14 heavy (non-hydrogen) atoms. The lowest BCUT2D eigenvalue weighted by molar-refractivity contribution is 0.700. The molecule has 0 spiro atoms. The summed E-state index contributed by atoms with van der Waals surface area (Å²) in [6.45, 7) is 1.97. The second-order valence-corrected chi connectivity index (χ2v) is 3.57. The van der Waals surface area contributed by atoms with Crippen LogP contribution in [0.2, 0.25) is 0 Å². The van der Waals surface area contributed by atoms with E-state index in [0.717, 1.165) is 23.4 Å². The summed E-state index contributed by atoms with van der Waals surface area (Å²) >= 11 is 0. The van der Waals surface area contributed by atoms with E-state index in [1.807, 2.05) is 29.7 Å². The van der Waals surface area contributed by atoms with Crippen molar-refractivity contribution in [1.29, 1.82) is 0 Å². The molecule has 4 N–H and O–H groups in total. The Hall–Kier alpha value is -1.55. The molecule has 0 saturated carbocycles. The van der Waals surface area contributed by atoms with Crippen molar-refractivity contribution in [3.8, 4) is 0 Å². The van der Waals surface area contributed by atoms with Gasteiger partial charge in [0, 0.05) is 18.7 Å². The topological polar surface area (TPSA) is 69.3 Å². The Labute approximate surface area is 82.5 Å².